The van der Waals surface area contributed by atoms with Crippen LogP contribution in [-0.4, -0.2) is 37.7 Å². The Balaban J connectivity index is 1.70. The van der Waals surface area contributed by atoms with Crippen LogP contribution in [-0.2, 0) is 9.59 Å². The van der Waals surface area contributed by atoms with Crippen molar-refractivity contribution in [2.75, 3.05) is 25.2 Å². The first-order valence-electron chi connectivity index (χ1n) is 9.19. The summed E-state index contributed by atoms with van der Waals surface area (Å²) in [4.78, 5) is 27.3. The summed E-state index contributed by atoms with van der Waals surface area (Å²) in [6.07, 6.45) is 4.06. The van der Waals surface area contributed by atoms with Crippen LogP contribution in [0.25, 0.3) is 0 Å². The van der Waals surface area contributed by atoms with Gasteiger partial charge in [0.2, 0.25) is 0 Å². The minimum absolute atomic E-state index is 0.0153. The molecule has 0 aromatic heterocycles. The second-order valence-corrected chi connectivity index (χ2v) is 7.75. The smallest absolute Gasteiger partial charge is 0.283 e. The van der Waals surface area contributed by atoms with Crippen LogP contribution in [0.2, 0.25) is 0 Å². The Morgan fingerprint density at radius 1 is 1.11 bits per heavy atom. The number of amides is 2. The number of hydrogen-bond acceptors (Lipinski definition) is 3. The number of anilines is 1. The fourth-order valence-electron chi connectivity index (χ4n) is 3.11. The van der Waals surface area contributed by atoms with E-state index in [1.165, 1.54) is 0 Å². The van der Waals surface area contributed by atoms with Crippen molar-refractivity contribution in [3.63, 3.8) is 0 Å². The standard InChI is InChI=1S/C21H25N3O2S/c1-24(14-19(25)23-17-10-6-7-11-18(17)27-2)20(15-8-4-3-5-9-15)21(26)22-16-12-13-16/h3-11,16,20H,12-14H2,1-2H3,(H,22,26)(H,23,25)/p+1/t20-/m0/s1. The zero-order chi connectivity index (χ0) is 19.2. The van der Waals surface area contributed by atoms with Gasteiger partial charge in [0.1, 0.15) is 0 Å². The topological polar surface area (TPSA) is 62.6 Å². The predicted octanol–water partition coefficient (Wildman–Crippen LogP) is 1.88. The number of thioether (sulfide) groups is 1. The summed E-state index contributed by atoms with van der Waals surface area (Å²) in [7, 11) is 1.89. The van der Waals surface area contributed by atoms with E-state index in [1.807, 2.05) is 67.9 Å². The van der Waals surface area contributed by atoms with Crippen molar-refractivity contribution in [3.8, 4) is 0 Å². The van der Waals surface area contributed by atoms with Crippen molar-refractivity contribution >= 4 is 29.3 Å². The molecule has 0 bridgehead atoms. The summed E-state index contributed by atoms with van der Waals surface area (Å²) in [5.74, 6) is -0.118. The maximum atomic E-state index is 12.8. The summed E-state index contributed by atoms with van der Waals surface area (Å²) < 4.78 is 0. The molecule has 2 atom stereocenters. The van der Waals surface area contributed by atoms with Crippen molar-refractivity contribution in [1.29, 1.82) is 0 Å². The van der Waals surface area contributed by atoms with Gasteiger partial charge < -0.3 is 15.5 Å². The van der Waals surface area contributed by atoms with Gasteiger partial charge in [0.05, 0.1) is 12.7 Å². The Hall–Kier alpha value is -2.31. The van der Waals surface area contributed by atoms with Gasteiger partial charge in [-0.2, -0.15) is 0 Å². The minimum Gasteiger partial charge on any atom is -0.348 e. The lowest BCUT2D eigenvalue weighted by Crippen LogP contribution is -3.11. The third-order valence-electron chi connectivity index (χ3n) is 4.63. The van der Waals surface area contributed by atoms with Gasteiger partial charge in [-0.15, -0.1) is 11.8 Å². The first-order chi connectivity index (χ1) is 13.1. The van der Waals surface area contributed by atoms with E-state index in [0.717, 1.165) is 33.9 Å². The van der Waals surface area contributed by atoms with Crippen LogP contribution in [0.1, 0.15) is 24.4 Å². The molecular weight excluding hydrogens is 358 g/mol. The van der Waals surface area contributed by atoms with E-state index >= 15 is 0 Å². The number of rotatable bonds is 8. The summed E-state index contributed by atoms with van der Waals surface area (Å²) in [5.41, 5.74) is 1.73. The number of benzene rings is 2. The van der Waals surface area contributed by atoms with Gasteiger partial charge in [0, 0.05) is 16.5 Å². The quantitative estimate of drug-likeness (QED) is 0.609. The molecule has 1 aliphatic rings. The molecule has 2 aromatic carbocycles. The maximum absolute atomic E-state index is 12.8. The summed E-state index contributed by atoms with van der Waals surface area (Å²) in [6.45, 7) is 0.209. The van der Waals surface area contributed by atoms with E-state index in [1.54, 1.807) is 11.8 Å². The lowest BCUT2D eigenvalue weighted by molar-refractivity contribution is -0.894. The number of nitrogens with one attached hydrogen (secondary N) is 3. The van der Waals surface area contributed by atoms with Gasteiger partial charge in [-0.3, -0.25) is 9.59 Å². The number of carbonyl (C=O) groups is 2. The largest absolute Gasteiger partial charge is 0.348 e. The molecule has 5 nitrogen and oxygen atoms in total. The lowest BCUT2D eigenvalue weighted by atomic mass is 10.0. The van der Waals surface area contributed by atoms with Crippen molar-refractivity contribution in [1.82, 2.24) is 5.32 Å². The van der Waals surface area contributed by atoms with Crippen LogP contribution in [0.4, 0.5) is 5.69 Å². The van der Waals surface area contributed by atoms with Crippen LogP contribution < -0.4 is 15.5 Å². The normalized spacial score (nSPS) is 15.6. The van der Waals surface area contributed by atoms with E-state index in [9.17, 15) is 9.59 Å². The predicted molar refractivity (Wildman–Crippen MR) is 109 cm³/mol. The number of likely N-dealkylation sites (N-methyl/N-ethyl adjacent to an activating group) is 1. The molecule has 142 valence electrons. The molecule has 3 N–H and O–H groups in total. The monoisotopic (exact) mass is 384 g/mol. The van der Waals surface area contributed by atoms with E-state index in [4.69, 9.17) is 0 Å². The highest BCUT2D eigenvalue weighted by molar-refractivity contribution is 7.98. The molecule has 0 radical (unpaired) electrons. The zero-order valence-corrected chi connectivity index (χ0v) is 16.5. The Bertz CT molecular complexity index is 793. The molecule has 3 rings (SSSR count). The van der Waals surface area contributed by atoms with Gasteiger partial charge >= 0.3 is 0 Å². The molecule has 6 heteroatoms. The third-order valence-corrected chi connectivity index (χ3v) is 5.43. The second kappa shape index (κ2) is 9.06. The average Bonchev–Trinajstić information content (AvgIpc) is 3.47. The molecular formula is C21H26N3O2S+. The summed E-state index contributed by atoms with van der Waals surface area (Å²) >= 11 is 1.59. The third kappa shape index (κ3) is 5.34. The Labute approximate surface area is 164 Å². The van der Waals surface area contributed by atoms with E-state index in [2.05, 4.69) is 10.6 Å². The Kier molecular flexibility index (Phi) is 6.53. The average molecular weight is 385 g/mol. The van der Waals surface area contributed by atoms with Crippen molar-refractivity contribution in [2.45, 2.75) is 29.8 Å². The van der Waals surface area contributed by atoms with Crippen LogP contribution in [0.3, 0.4) is 0 Å². The molecule has 2 aromatic rings. The molecule has 0 saturated heterocycles. The van der Waals surface area contributed by atoms with Crippen LogP contribution >= 0.6 is 11.8 Å². The number of carbonyl (C=O) groups excluding carboxylic acids is 2. The molecule has 1 fully saturated rings. The maximum Gasteiger partial charge on any atom is 0.283 e. The highest BCUT2D eigenvalue weighted by Crippen LogP contribution is 2.24. The fourth-order valence-corrected chi connectivity index (χ4v) is 3.67. The summed E-state index contributed by atoms with van der Waals surface area (Å²) in [6, 6.07) is 17.3. The number of hydrogen-bond donors (Lipinski definition) is 3. The van der Waals surface area contributed by atoms with Gasteiger partial charge in [0.15, 0.2) is 12.6 Å². The molecule has 2 amide bonds. The first-order valence-corrected chi connectivity index (χ1v) is 10.4. The summed E-state index contributed by atoms with van der Waals surface area (Å²) in [5, 5.41) is 6.06. The van der Waals surface area contributed by atoms with Crippen molar-refractivity contribution in [2.24, 2.45) is 0 Å². The van der Waals surface area contributed by atoms with E-state index in [0.29, 0.717) is 6.04 Å². The number of para-hydroxylation sites is 1. The molecule has 1 aliphatic carbocycles. The highest BCUT2D eigenvalue weighted by Gasteiger charge is 2.34. The molecule has 0 aliphatic heterocycles. The van der Waals surface area contributed by atoms with Crippen LogP contribution in [0.15, 0.2) is 59.5 Å². The Morgan fingerprint density at radius 3 is 2.44 bits per heavy atom. The minimum atomic E-state index is -0.409. The molecule has 1 saturated carbocycles. The molecule has 27 heavy (non-hydrogen) atoms. The van der Waals surface area contributed by atoms with E-state index < -0.39 is 6.04 Å². The second-order valence-electron chi connectivity index (χ2n) is 6.90. The SMILES string of the molecule is CSc1ccccc1NC(=O)C[NH+](C)[C@H](C(=O)NC1CC1)c1ccccc1. The van der Waals surface area contributed by atoms with Crippen molar-refractivity contribution in [3.05, 3.63) is 60.2 Å². The van der Waals surface area contributed by atoms with Gasteiger partial charge in [-0.05, 0) is 31.2 Å². The van der Waals surface area contributed by atoms with E-state index in [-0.39, 0.29) is 18.4 Å². The molecule has 0 spiro atoms. The number of quaternary nitrogens is 1. The molecule has 1 unspecified atom stereocenters. The van der Waals surface area contributed by atoms with Crippen LogP contribution in [0, 0.1) is 0 Å². The van der Waals surface area contributed by atoms with Gasteiger partial charge in [-0.1, -0.05) is 42.5 Å². The first kappa shape index (κ1) is 19.5. The molecule has 0 heterocycles. The van der Waals surface area contributed by atoms with Gasteiger partial charge in [0.25, 0.3) is 11.8 Å². The fraction of sp³-hybridized carbons (Fsp3) is 0.333. The van der Waals surface area contributed by atoms with Crippen molar-refractivity contribution < 1.29 is 14.5 Å². The Morgan fingerprint density at radius 2 is 1.78 bits per heavy atom. The van der Waals surface area contributed by atoms with Gasteiger partial charge in [-0.25, -0.2) is 0 Å². The lowest BCUT2D eigenvalue weighted by Gasteiger charge is -2.24. The van der Waals surface area contributed by atoms with Crippen LogP contribution in [0.5, 0.6) is 0 Å². The zero-order valence-electron chi connectivity index (χ0n) is 15.7. The highest BCUT2D eigenvalue weighted by atomic mass is 32.2.